The second-order valence-corrected chi connectivity index (χ2v) is 11.4. The van der Waals surface area contributed by atoms with Crippen LogP contribution in [0.4, 0.5) is 0 Å². The number of ether oxygens (including phenoxy) is 3. The van der Waals surface area contributed by atoms with Crippen molar-refractivity contribution in [2.45, 2.75) is 47.1 Å². The first kappa shape index (κ1) is 31.0. The van der Waals surface area contributed by atoms with Crippen molar-refractivity contribution in [1.82, 2.24) is 9.80 Å². The lowest BCUT2D eigenvalue weighted by molar-refractivity contribution is -0.140. The van der Waals surface area contributed by atoms with E-state index in [1.807, 2.05) is 38.1 Å². The molecule has 8 heteroatoms. The van der Waals surface area contributed by atoms with Gasteiger partial charge in [0.1, 0.15) is 11.5 Å². The van der Waals surface area contributed by atoms with Crippen molar-refractivity contribution >= 4 is 17.4 Å². The van der Waals surface area contributed by atoms with E-state index in [1.54, 1.807) is 31.4 Å². The van der Waals surface area contributed by atoms with Crippen LogP contribution in [0.15, 0.2) is 42.0 Å². The molecule has 1 unspecified atom stereocenters. The molecule has 3 rings (SSSR count). The number of ketones is 1. The molecular formula is C32H44N2O6. The molecule has 218 valence electrons. The molecule has 40 heavy (non-hydrogen) atoms. The van der Waals surface area contributed by atoms with Crippen molar-refractivity contribution in [3.8, 4) is 17.2 Å². The van der Waals surface area contributed by atoms with E-state index in [0.717, 1.165) is 12.0 Å². The highest BCUT2D eigenvalue weighted by atomic mass is 16.5. The maximum absolute atomic E-state index is 13.4. The monoisotopic (exact) mass is 552 g/mol. The second-order valence-electron chi connectivity index (χ2n) is 11.4. The van der Waals surface area contributed by atoms with Crippen molar-refractivity contribution in [3.63, 3.8) is 0 Å². The van der Waals surface area contributed by atoms with Gasteiger partial charge in [-0.3, -0.25) is 9.59 Å². The Kier molecular flexibility index (Phi) is 10.6. The molecule has 1 atom stereocenters. The average molecular weight is 553 g/mol. The predicted molar refractivity (Wildman–Crippen MR) is 157 cm³/mol. The number of methoxy groups -OCH3 is 1. The summed E-state index contributed by atoms with van der Waals surface area (Å²) in [6.07, 6.45) is 0.899. The summed E-state index contributed by atoms with van der Waals surface area (Å²) < 4.78 is 17.4. The highest BCUT2D eigenvalue weighted by Crippen LogP contribution is 2.42. The number of likely N-dealkylation sites (N-methyl/N-ethyl adjacent to an activating group) is 1. The molecule has 0 spiro atoms. The van der Waals surface area contributed by atoms with Crippen LogP contribution < -0.4 is 14.2 Å². The van der Waals surface area contributed by atoms with Crippen LogP contribution in [0.5, 0.6) is 17.2 Å². The van der Waals surface area contributed by atoms with E-state index in [0.29, 0.717) is 66.5 Å². The summed E-state index contributed by atoms with van der Waals surface area (Å²) in [6, 6.07) is 9.97. The van der Waals surface area contributed by atoms with Gasteiger partial charge in [-0.1, -0.05) is 33.8 Å². The molecule has 0 bridgehead atoms. The van der Waals surface area contributed by atoms with Gasteiger partial charge in [-0.15, -0.1) is 0 Å². The molecule has 1 aliphatic rings. The Hall–Kier alpha value is -3.52. The number of benzene rings is 2. The van der Waals surface area contributed by atoms with Crippen LogP contribution >= 0.6 is 0 Å². The van der Waals surface area contributed by atoms with E-state index < -0.39 is 17.7 Å². The molecule has 2 aromatic rings. The number of likely N-dealkylation sites (tertiary alicyclic amines) is 1. The number of rotatable bonds is 13. The summed E-state index contributed by atoms with van der Waals surface area (Å²) >= 11 is 0. The van der Waals surface area contributed by atoms with Crippen molar-refractivity contribution in [1.29, 1.82) is 0 Å². The van der Waals surface area contributed by atoms with E-state index in [2.05, 4.69) is 27.7 Å². The number of carbonyl (C=O) groups excluding carboxylic acids is 2. The van der Waals surface area contributed by atoms with Crippen LogP contribution in [0.25, 0.3) is 5.76 Å². The Labute approximate surface area is 238 Å². The molecule has 1 fully saturated rings. The standard InChI is InChI=1S/C32H44N2O6/c1-20(2)13-16-39-26-12-9-23(18-27(26)38-8)29-28(31(36)32(37)34(29)15-14-33(6)7)30(35)25-11-10-24(17-22(25)5)40-19-21(3)4/h9-12,17-18,20-21,29,35H,13-16,19H2,1-8H3/b30-28+. The van der Waals surface area contributed by atoms with Crippen LogP contribution in [0.2, 0.25) is 0 Å². The fourth-order valence-electron chi connectivity index (χ4n) is 4.54. The van der Waals surface area contributed by atoms with Crippen molar-refractivity contribution in [2.75, 3.05) is 47.5 Å². The number of nitrogens with zero attached hydrogens (tertiary/aromatic N) is 2. The minimum atomic E-state index is -0.783. The fraction of sp³-hybridized carbons (Fsp3) is 0.500. The van der Waals surface area contributed by atoms with Gasteiger partial charge in [-0.05, 0) is 80.7 Å². The summed E-state index contributed by atoms with van der Waals surface area (Å²) in [6.45, 7) is 12.2. The molecule has 1 amide bonds. The number of aryl methyl sites for hydroxylation is 1. The molecule has 0 aromatic heterocycles. The lowest BCUT2D eigenvalue weighted by atomic mass is 9.93. The summed E-state index contributed by atoms with van der Waals surface area (Å²) in [4.78, 5) is 30.2. The summed E-state index contributed by atoms with van der Waals surface area (Å²) in [5.74, 6) is 1.09. The molecular weight excluding hydrogens is 508 g/mol. The zero-order valence-corrected chi connectivity index (χ0v) is 25.1. The Morgan fingerprint density at radius 2 is 1.73 bits per heavy atom. The van der Waals surface area contributed by atoms with Crippen LogP contribution in [0, 0.1) is 18.8 Å². The quantitative estimate of drug-likeness (QED) is 0.201. The number of hydrogen-bond acceptors (Lipinski definition) is 7. The molecule has 0 saturated carbocycles. The number of carbonyl (C=O) groups is 2. The van der Waals surface area contributed by atoms with Crippen molar-refractivity contribution in [2.24, 2.45) is 11.8 Å². The van der Waals surface area contributed by atoms with E-state index in [4.69, 9.17) is 14.2 Å². The average Bonchev–Trinajstić information content (AvgIpc) is 3.15. The lowest BCUT2D eigenvalue weighted by Gasteiger charge is -2.27. The number of hydrogen-bond donors (Lipinski definition) is 1. The van der Waals surface area contributed by atoms with E-state index in [9.17, 15) is 14.7 Å². The lowest BCUT2D eigenvalue weighted by Crippen LogP contribution is -2.35. The number of aliphatic hydroxyl groups is 1. The Morgan fingerprint density at radius 3 is 2.33 bits per heavy atom. The topological polar surface area (TPSA) is 88.5 Å². The van der Waals surface area contributed by atoms with Gasteiger partial charge in [0.25, 0.3) is 11.7 Å². The van der Waals surface area contributed by atoms with Crippen molar-refractivity contribution in [3.05, 3.63) is 58.7 Å². The highest BCUT2D eigenvalue weighted by molar-refractivity contribution is 6.46. The molecule has 0 aliphatic carbocycles. The largest absolute Gasteiger partial charge is 0.507 e. The van der Waals surface area contributed by atoms with Gasteiger partial charge < -0.3 is 29.1 Å². The van der Waals surface area contributed by atoms with Crippen molar-refractivity contribution < 1.29 is 28.9 Å². The first-order valence-electron chi connectivity index (χ1n) is 13.9. The molecule has 1 heterocycles. The van der Waals surface area contributed by atoms with Gasteiger partial charge in [0, 0.05) is 18.7 Å². The summed E-state index contributed by atoms with van der Waals surface area (Å²) in [5.41, 5.74) is 1.93. The maximum atomic E-state index is 13.4. The van der Waals surface area contributed by atoms with Gasteiger partial charge in [0.05, 0.1) is 31.9 Å². The molecule has 1 aliphatic heterocycles. The highest BCUT2D eigenvalue weighted by Gasteiger charge is 2.46. The SMILES string of the molecule is COc1cc(C2/C(=C(\O)c3ccc(OCC(C)C)cc3C)C(=O)C(=O)N2CCN(C)C)ccc1OCCC(C)C. The molecule has 0 radical (unpaired) electrons. The van der Waals surface area contributed by atoms with Crippen LogP contribution in [-0.4, -0.2) is 74.1 Å². The van der Waals surface area contributed by atoms with Crippen LogP contribution in [0.3, 0.4) is 0 Å². The number of aliphatic hydroxyl groups excluding tert-OH is 1. The Morgan fingerprint density at radius 1 is 1.00 bits per heavy atom. The van der Waals surface area contributed by atoms with Gasteiger partial charge in [-0.2, -0.15) is 0 Å². The third-order valence-electron chi connectivity index (χ3n) is 6.82. The normalized spacial score (nSPS) is 16.9. The smallest absolute Gasteiger partial charge is 0.295 e. The summed E-state index contributed by atoms with van der Waals surface area (Å²) in [5, 5.41) is 11.5. The number of Topliss-reactive ketones (excluding diaryl/α,β-unsaturated/α-hetero) is 1. The minimum Gasteiger partial charge on any atom is -0.507 e. The minimum absolute atomic E-state index is 0.0539. The Balaban J connectivity index is 2.08. The fourth-order valence-corrected chi connectivity index (χ4v) is 4.54. The zero-order valence-electron chi connectivity index (χ0n) is 25.1. The van der Waals surface area contributed by atoms with Gasteiger partial charge in [0.2, 0.25) is 0 Å². The molecule has 2 aromatic carbocycles. The first-order chi connectivity index (χ1) is 18.9. The van der Waals surface area contributed by atoms with Gasteiger partial charge in [0.15, 0.2) is 11.5 Å². The molecule has 8 nitrogen and oxygen atoms in total. The van der Waals surface area contributed by atoms with Crippen LogP contribution in [-0.2, 0) is 9.59 Å². The van der Waals surface area contributed by atoms with Gasteiger partial charge >= 0.3 is 0 Å². The molecule has 1 N–H and O–H groups in total. The van der Waals surface area contributed by atoms with E-state index in [1.165, 1.54) is 4.90 Å². The Bertz CT molecular complexity index is 1230. The third-order valence-corrected chi connectivity index (χ3v) is 6.82. The van der Waals surface area contributed by atoms with E-state index >= 15 is 0 Å². The van der Waals surface area contributed by atoms with Gasteiger partial charge in [-0.25, -0.2) is 0 Å². The number of amides is 1. The second kappa shape index (κ2) is 13.7. The predicted octanol–water partition coefficient (Wildman–Crippen LogP) is 5.45. The zero-order chi connectivity index (χ0) is 29.6. The first-order valence-corrected chi connectivity index (χ1v) is 13.9. The third kappa shape index (κ3) is 7.36. The van der Waals surface area contributed by atoms with Crippen LogP contribution in [0.1, 0.15) is 56.8 Å². The summed E-state index contributed by atoms with van der Waals surface area (Å²) in [7, 11) is 5.37. The molecule has 1 saturated heterocycles. The van der Waals surface area contributed by atoms with E-state index in [-0.39, 0.29) is 11.3 Å². The maximum Gasteiger partial charge on any atom is 0.295 e.